The molecule has 0 bridgehead atoms. The maximum atomic E-state index is 6.28. The summed E-state index contributed by atoms with van der Waals surface area (Å²) in [6.07, 6.45) is 14.7. The van der Waals surface area contributed by atoms with Crippen molar-refractivity contribution >= 4 is 12.4 Å². The molecule has 0 aromatic heterocycles. The van der Waals surface area contributed by atoms with Gasteiger partial charge in [-0.2, -0.15) is 0 Å². The van der Waals surface area contributed by atoms with E-state index in [1.807, 2.05) is 0 Å². The summed E-state index contributed by atoms with van der Waals surface area (Å²) < 4.78 is 0. The highest BCUT2D eigenvalue weighted by Gasteiger charge is 2.57. The van der Waals surface area contributed by atoms with Crippen molar-refractivity contribution < 1.29 is 0 Å². The van der Waals surface area contributed by atoms with Crippen molar-refractivity contribution in [3.63, 3.8) is 0 Å². The number of nitrogens with two attached hydrogens (primary N) is 1. The Labute approximate surface area is 137 Å². The molecule has 1 nitrogen and oxygen atoms in total. The third-order valence-corrected chi connectivity index (χ3v) is 8.49. The van der Waals surface area contributed by atoms with E-state index in [2.05, 4.69) is 13.8 Å². The fourth-order valence-corrected chi connectivity index (χ4v) is 7.28. The second-order valence-electron chi connectivity index (χ2n) is 9.28. The van der Waals surface area contributed by atoms with Gasteiger partial charge in [-0.25, -0.2) is 0 Å². The molecular weight excluding hydrogens is 278 g/mol. The molecule has 2 heteroatoms. The lowest BCUT2D eigenvalue weighted by Crippen LogP contribution is -2.53. The molecule has 2 unspecified atom stereocenters. The topological polar surface area (TPSA) is 26.0 Å². The third kappa shape index (κ3) is 2.29. The first-order chi connectivity index (χ1) is 9.53. The smallest absolute Gasteiger partial charge is 0.00418 e. The number of hydrogen-bond acceptors (Lipinski definition) is 1. The van der Waals surface area contributed by atoms with E-state index < -0.39 is 0 Å². The Hall–Kier alpha value is 0.250. The summed E-state index contributed by atoms with van der Waals surface area (Å²) in [5, 5.41) is 0. The molecule has 4 aliphatic rings. The van der Waals surface area contributed by atoms with Crippen LogP contribution in [0.1, 0.15) is 78.1 Å². The summed E-state index contributed by atoms with van der Waals surface area (Å²) in [5.74, 6) is 4.10. The third-order valence-electron chi connectivity index (χ3n) is 8.49. The van der Waals surface area contributed by atoms with Crippen LogP contribution in [0.15, 0.2) is 0 Å². The van der Waals surface area contributed by atoms with Gasteiger partial charge in [0.15, 0.2) is 0 Å². The first-order valence-corrected chi connectivity index (χ1v) is 9.28. The van der Waals surface area contributed by atoms with Gasteiger partial charge in [-0.05, 0) is 92.3 Å². The first kappa shape index (κ1) is 16.1. The Kier molecular flexibility index (Phi) is 4.15. The van der Waals surface area contributed by atoms with E-state index >= 15 is 0 Å². The van der Waals surface area contributed by atoms with Crippen LogP contribution in [0.25, 0.3) is 0 Å². The Morgan fingerprint density at radius 1 is 0.857 bits per heavy atom. The molecule has 4 saturated carbocycles. The van der Waals surface area contributed by atoms with Crippen molar-refractivity contribution in [1.82, 2.24) is 0 Å². The predicted molar refractivity (Wildman–Crippen MR) is 91.6 cm³/mol. The van der Waals surface area contributed by atoms with Crippen LogP contribution >= 0.6 is 12.4 Å². The van der Waals surface area contributed by atoms with Gasteiger partial charge in [-0.15, -0.1) is 12.4 Å². The molecule has 21 heavy (non-hydrogen) atoms. The number of hydrogen-bond donors (Lipinski definition) is 1. The first-order valence-electron chi connectivity index (χ1n) is 9.28. The van der Waals surface area contributed by atoms with E-state index in [4.69, 9.17) is 5.73 Å². The largest absolute Gasteiger partial charge is 0.328 e. The summed E-state index contributed by atoms with van der Waals surface area (Å²) in [6, 6.07) is 0.505. The SMILES string of the molecule is C[C@@]12CCC[C@H]1[C@@H]1CCC3CC(N)CC[C@]3(C)[C@@H]1CC2.Cl. The standard InChI is InChI=1S/C19H33N.ClH/c1-18-9-3-4-16(18)15-6-5-13-12-14(20)7-11-19(13,2)17(15)8-10-18;/h13-17H,3-12,20H2,1-2H3;1H/t13?,14?,15-,16-,17+,18-,19-;/m0./s1. The molecule has 0 aliphatic heterocycles. The number of rotatable bonds is 0. The van der Waals surface area contributed by atoms with Crippen molar-refractivity contribution in [3.05, 3.63) is 0 Å². The lowest BCUT2D eigenvalue weighted by molar-refractivity contribution is -0.105. The highest BCUT2D eigenvalue weighted by Crippen LogP contribution is 2.66. The zero-order chi connectivity index (χ0) is 14.0. The molecule has 0 heterocycles. The fourth-order valence-electron chi connectivity index (χ4n) is 7.28. The Morgan fingerprint density at radius 3 is 2.48 bits per heavy atom. The quantitative estimate of drug-likeness (QED) is 0.656. The monoisotopic (exact) mass is 311 g/mol. The van der Waals surface area contributed by atoms with Gasteiger partial charge in [0.2, 0.25) is 0 Å². The highest BCUT2D eigenvalue weighted by molar-refractivity contribution is 5.85. The molecule has 0 aromatic carbocycles. The Morgan fingerprint density at radius 2 is 1.67 bits per heavy atom. The van der Waals surface area contributed by atoms with E-state index in [9.17, 15) is 0 Å². The van der Waals surface area contributed by atoms with E-state index in [0.29, 0.717) is 11.5 Å². The molecule has 7 atom stereocenters. The van der Waals surface area contributed by atoms with Crippen LogP contribution in [0.4, 0.5) is 0 Å². The van der Waals surface area contributed by atoms with Gasteiger partial charge < -0.3 is 5.73 Å². The van der Waals surface area contributed by atoms with E-state index in [0.717, 1.165) is 29.1 Å². The summed E-state index contributed by atoms with van der Waals surface area (Å²) in [6.45, 7) is 5.27. The summed E-state index contributed by atoms with van der Waals surface area (Å²) in [4.78, 5) is 0. The van der Waals surface area contributed by atoms with Gasteiger partial charge in [0, 0.05) is 6.04 Å². The zero-order valence-corrected chi connectivity index (χ0v) is 14.8. The minimum absolute atomic E-state index is 0. The Bertz CT molecular complexity index is 397. The van der Waals surface area contributed by atoms with Gasteiger partial charge >= 0.3 is 0 Å². The lowest BCUT2D eigenvalue weighted by Gasteiger charge is -2.60. The average Bonchev–Trinajstić information content (AvgIpc) is 2.81. The molecule has 2 N–H and O–H groups in total. The normalized spacial score (nSPS) is 55.9. The van der Waals surface area contributed by atoms with Crippen molar-refractivity contribution in [1.29, 1.82) is 0 Å². The van der Waals surface area contributed by atoms with Gasteiger partial charge in [-0.1, -0.05) is 20.3 Å². The zero-order valence-electron chi connectivity index (χ0n) is 13.9. The van der Waals surface area contributed by atoms with E-state index in [1.54, 1.807) is 0 Å². The maximum absolute atomic E-state index is 6.28. The number of fused-ring (bicyclic) bond motifs is 5. The van der Waals surface area contributed by atoms with Crippen LogP contribution in [0.3, 0.4) is 0 Å². The molecule has 0 saturated heterocycles. The Balaban J connectivity index is 0.00000132. The van der Waals surface area contributed by atoms with E-state index in [1.165, 1.54) is 64.2 Å². The average molecular weight is 312 g/mol. The molecule has 4 fully saturated rings. The van der Waals surface area contributed by atoms with E-state index in [-0.39, 0.29) is 12.4 Å². The van der Waals surface area contributed by atoms with Gasteiger partial charge in [0.1, 0.15) is 0 Å². The molecule has 122 valence electrons. The van der Waals surface area contributed by atoms with Crippen LogP contribution in [0.2, 0.25) is 0 Å². The molecule has 0 spiro atoms. The summed E-state index contributed by atoms with van der Waals surface area (Å²) in [7, 11) is 0. The fraction of sp³-hybridized carbons (Fsp3) is 1.00. The highest BCUT2D eigenvalue weighted by atomic mass is 35.5. The summed E-state index contributed by atoms with van der Waals surface area (Å²) >= 11 is 0. The van der Waals surface area contributed by atoms with Crippen molar-refractivity contribution in [3.8, 4) is 0 Å². The van der Waals surface area contributed by atoms with Crippen LogP contribution in [0.5, 0.6) is 0 Å². The second-order valence-corrected chi connectivity index (χ2v) is 9.28. The van der Waals surface area contributed by atoms with Gasteiger partial charge in [-0.3, -0.25) is 0 Å². The number of halogens is 1. The molecule has 4 aliphatic carbocycles. The molecule has 0 aromatic rings. The summed E-state index contributed by atoms with van der Waals surface area (Å²) in [5.41, 5.74) is 7.63. The van der Waals surface area contributed by atoms with Crippen LogP contribution in [-0.4, -0.2) is 6.04 Å². The minimum atomic E-state index is 0. The van der Waals surface area contributed by atoms with Crippen LogP contribution < -0.4 is 5.73 Å². The second kappa shape index (κ2) is 5.41. The molecule has 0 amide bonds. The van der Waals surface area contributed by atoms with Crippen molar-refractivity contribution in [2.45, 2.75) is 84.1 Å². The lowest BCUT2D eigenvalue weighted by atomic mass is 9.45. The van der Waals surface area contributed by atoms with Crippen LogP contribution in [-0.2, 0) is 0 Å². The predicted octanol–water partition coefficient (Wildman–Crippen LogP) is 5.17. The molecular formula is C19H34ClN. The van der Waals surface area contributed by atoms with Crippen molar-refractivity contribution in [2.75, 3.05) is 0 Å². The maximum Gasteiger partial charge on any atom is 0.00418 e. The molecule has 4 rings (SSSR count). The minimum Gasteiger partial charge on any atom is -0.328 e. The van der Waals surface area contributed by atoms with Gasteiger partial charge in [0.05, 0.1) is 0 Å². The van der Waals surface area contributed by atoms with Crippen molar-refractivity contribution in [2.24, 2.45) is 40.2 Å². The molecule has 0 radical (unpaired) electrons. The van der Waals surface area contributed by atoms with Gasteiger partial charge in [0.25, 0.3) is 0 Å². The van der Waals surface area contributed by atoms with Crippen LogP contribution in [0, 0.1) is 34.5 Å².